The largest absolute Gasteiger partial charge is 0.478 e. The van der Waals surface area contributed by atoms with Gasteiger partial charge in [-0.05, 0) is 43.2 Å². The normalized spacial score (nSPS) is 10.5. The number of carboxylic acids is 1. The number of benzene rings is 2. The molecule has 0 saturated heterocycles. The molecule has 0 saturated carbocycles. The Labute approximate surface area is 155 Å². The van der Waals surface area contributed by atoms with Crippen LogP contribution in [0.5, 0.6) is 0 Å². The van der Waals surface area contributed by atoms with Crippen LogP contribution >= 0.6 is 0 Å². The van der Waals surface area contributed by atoms with Crippen LogP contribution in [0.25, 0.3) is 0 Å². The van der Waals surface area contributed by atoms with Crippen LogP contribution < -0.4 is 4.90 Å². The second-order valence-electron chi connectivity index (χ2n) is 6.42. The van der Waals surface area contributed by atoms with E-state index in [9.17, 15) is 14.7 Å². The molecule has 0 aliphatic carbocycles. The topological polar surface area (TPSA) is 57.6 Å². The van der Waals surface area contributed by atoms with Crippen molar-refractivity contribution in [1.82, 2.24) is 0 Å². The molecule has 0 spiro atoms. The summed E-state index contributed by atoms with van der Waals surface area (Å²) in [4.78, 5) is 26.4. The highest BCUT2D eigenvalue weighted by Gasteiger charge is 2.17. The lowest BCUT2D eigenvalue weighted by Gasteiger charge is -2.24. The Morgan fingerprint density at radius 1 is 0.846 bits per heavy atom. The van der Waals surface area contributed by atoms with Crippen LogP contribution in [-0.2, 0) is 0 Å². The molecule has 0 aliphatic heterocycles. The molecule has 0 radical (unpaired) electrons. The van der Waals surface area contributed by atoms with Crippen LogP contribution in [0.1, 0.15) is 65.8 Å². The van der Waals surface area contributed by atoms with Gasteiger partial charge < -0.3 is 10.0 Å². The van der Waals surface area contributed by atoms with Crippen LogP contribution in [0, 0.1) is 0 Å². The van der Waals surface area contributed by atoms with E-state index in [1.807, 2.05) is 12.1 Å². The molecule has 1 N–H and O–H groups in total. The van der Waals surface area contributed by atoms with E-state index in [2.05, 4.69) is 18.7 Å². The zero-order chi connectivity index (χ0) is 18.9. The molecule has 0 atom stereocenters. The van der Waals surface area contributed by atoms with Crippen LogP contribution in [0.15, 0.2) is 48.5 Å². The Morgan fingerprint density at radius 3 is 1.88 bits per heavy atom. The molecule has 0 aromatic heterocycles. The molecule has 4 heteroatoms. The van der Waals surface area contributed by atoms with E-state index in [4.69, 9.17) is 0 Å². The van der Waals surface area contributed by atoms with Crippen molar-refractivity contribution < 1.29 is 14.7 Å². The first-order valence-electron chi connectivity index (χ1n) is 9.30. The number of ketones is 1. The van der Waals surface area contributed by atoms with Gasteiger partial charge in [0.1, 0.15) is 0 Å². The van der Waals surface area contributed by atoms with Crippen molar-refractivity contribution in [2.24, 2.45) is 0 Å². The fourth-order valence-electron chi connectivity index (χ4n) is 2.91. The minimum atomic E-state index is -1.09. The van der Waals surface area contributed by atoms with Crippen molar-refractivity contribution in [2.75, 3.05) is 18.0 Å². The fourth-order valence-corrected chi connectivity index (χ4v) is 2.91. The minimum Gasteiger partial charge on any atom is -0.478 e. The second-order valence-corrected chi connectivity index (χ2v) is 6.42. The third-order valence-electron chi connectivity index (χ3n) is 4.46. The molecule has 0 heterocycles. The van der Waals surface area contributed by atoms with Gasteiger partial charge in [0.05, 0.1) is 5.56 Å². The lowest BCUT2D eigenvalue weighted by atomic mass is 9.98. The van der Waals surface area contributed by atoms with Crippen molar-refractivity contribution in [1.29, 1.82) is 0 Å². The van der Waals surface area contributed by atoms with Gasteiger partial charge in [-0.2, -0.15) is 0 Å². The number of hydrogen-bond donors (Lipinski definition) is 1. The summed E-state index contributed by atoms with van der Waals surface area (Å²) in [5.74, 6) is -1.35. The van der Waals surface area contributed by atoms with Crippen molar-refractivity contribution in [3.05, 3.63) is 65.2 Å². The predicted octanol–water partition coefficient (Wildman–Crippen LogP) is 5.02. The van der Waals surface area contributed by atoms with E-state index in [0.29, 0.717) is 5.56 Å². The maximum atomic E-state index is 12.7. The summed E-state index contributed by atoms with van der Waals surface area (Å²) in [7, 11) is 0. The van der Waals surface area contributed by atoms with Gasteiger partial charge in [-0.3, -0.25) is 4.79 Å². The monoisotopic (exact) mass is 353 g/mol. The number of anilines is 1. The summed E-state index contributed by atoms with van der Waals surface area (Å²) in [5, 5.41) is 9.28. The summed E-state index contributed by atoms with van der Waals surface area (Å²) in [5.41, 5.74) is 1.87. The lowest BCUT2D eigenvalue weighted by Crippen LogP contribution is -2.25. The zero-order valence-electron chi connectivity index (χ0n) is 15.6. The first-order chi connectivity index (χ1) is 12.6. The number of hydrogen-bond acceptors (Lipinski definition) is 3. The Hall–Kier alpha value is -2.62. The van der Waals surface area contributed by atoms with E-state index < -0.39 is 5.97 Å². The van der Waals surface area contributed by atoms with Gasteiger partial charge in [0.2, 0.25) is 0 Å². The molecule has 0 amide bonds. The van der Waals surface area contributed by atoms with Crippen LogP contribution in [0.3, 0.4) is 0 Å². The molecule has 0 fully saturated rings. The fraction of sp³-hybridized carbons (Fsp3) is 0.364. The molecular formula is C22H27NO3. The van der Waals surface area contributed by atoms with Crippen molar-refractivity contribution in [3.8, 4) is 0 Å². The quantitative estimate of drug-likeness (QED) is 0.609. The van der Waals surface area contributed by atoms with Gasteiger partial charge in [-0.15, -0.1) is 0 Å². The van der Waals surface area contributed by atoms with Crippen LogP contribution in [0.2, 0.25) is 0 Å². The van der Waals surface area contributed by atoms with Gasteiger partial charge in [-0.1, -0.05) is 44.9 Å². The molecule has 2 aromatic carbocycles. The van der Waals surface area contributed by atoms with Gasteiger partial charge in [0.25, 0.3) is 0 Å². The summed E-state index contributed by atoms with van der Waals surface area (Å²) in [6.45, 7) is 6.37. The number of aromatic carboxylic acids is 1. The molecule has 138 valence electrons. The van der Waals surface area contributed by atoms with Crippen LogP contribution in [0.4, 0.5) is 5.69 Å². The van der Waals surface area contributed by atoms with Gasteiger partial charge in [-0.25, -0.2) is 4.79 Å². The van der Waals surface area contributed by atoms with Gasteiger partial charge in [0, 0.05) is 29.9 Å². The molecule has 0 bridgehead atoms. The van der Waals surface area contributed by atoms with Gasteiger partial charge in [0.15, 0.2) is 5.78 Å². The Balaban J connectivity index is 2.22. The predicted molar refractivity (Wildman–Crippen MR) is 105 cm³/mol. The second kappa shape index (κ2) is 9.76. The van der Waals surface area contributed by atoms with Crippen LogP contribution in [-0.4, -0.2) is 29.9 Å². The Kier molecular flexibility index (Phi) is 7.39. The number of nitrogens with zero attached hydrogens (tertiary/aromatic N) is 1. The zero-order valence-corrected chi connectivity index (χ0v) is 15.6. The number of unbranched alkanes of at least 4 members (excludes halogenated alkanes) is 2. The van der Waals surface area contributed by atoms with Crippen molar-refractivity contribution in [3.63, 3.8) is 0 Å². The number of rotatable bonds is 10. The Bertz CT molecular complexity index is 729. The van der Waals surface area contributed by atoms with Crippen molar-refractivity contribution in [2.45, 2.75) is 39.5 Å². The molecular weight excluding hydrogens is 326 g/mol. The number of carbonyl (C=O) groups is 2. The van der Waals surface area contributed by atoms with Gasteiger partial charge >= 0.3 is 5.97 Å². The lowest BCUT2D eigenvalue weighted by molar-refractivity contribution is 0.0693. The average Bonchev–Trinajstić information content (AvgIpc) is 2.67. The third-order valence-corrected chi connectivity index (χ3v) is 4.46. The van der Waals surface area contributed by atoms with E-state index >= 15 is 0 Å². The molecule has 2 aromatic rings. The minimum absolute atomic E-state index is 0.0362. The highest BCUT2D eigenvalue weighted by atomic mass is 16.4. The highest BCUT2D eigenvalue weighted by Crippen LogP contribution is 2.20. The Morgan fingerprint density at radius 2 is 1.38 bits per heavy atom. The summed E-state index contributed by atoms with van der Waals surface area (Å²) in [6.07, 6.45) is 4.56. The first-order valence-corrected chi connectivity index (χ1v) is 9.30. The maximum Gasteiger partial charge on any atom is 0.336 e. The number of carboxylic acid groups (broad SMARTS) is 1. The van der Waals surface area contributed by atoms with E-state index in [1.165, 1.54) is 6.07 Å². The van der Waals surface area contributed by atoms with Crippen molar-refractivity contribution >= 4 is 17.4 Å². The first kappa shape index (κ1) is 19.7. The number of carbonyl (C=O) groups excluding carboxylic acids is 1. The SMILES string of the molecule is CCCCN(CCCC)c1ccc(C(=O)c2ccccc2C(=O)O)cc1. The summed E-state index contributed by atoms with van der Waals surface area (Å²) in [6, 6.07) is 13.8. The van der Waals surface area contributed by atoms with E-state index in [-0.39, 0.29) is 16.9 Å². The third kappa shape index (κ3) is 4.94. The van der Waals surface area contributed by atoms with E-state index in [1.54, 1.807) is 30.3 Å². The standard InChI is InChI=1S/C22H27NO3/c1-3-5-15-23(16-6-4-2)18-13-11-17(12-14-18)21(24)19-9-7-8-10-20(19)22(25)26/h7-14H,3-6,15-16H2,1-2H3,(H,25,26). The van der Waals surface area contributed by atoms with E-state index in [0.717, 1.165) is 44.5 Å². The summed E-state index contributed by atoms with van der Waals surface area (Å²) >= 11 is 0. The smallest absolute Gasteiger partial charge is 0.336 e. The molecule has 0 aliphatic rings. The summed E-state index contributed by atoms with van der Waals surface area (Å²) < 4.78 is 0. The molecule has 26 heavy (non-hydrogen) atoms. The molecule has 0 unspecified atom stereocenters. The molecule has 4 nitrogen and oxygen atoms in total. The molecule has 2 rings (SSSR count). The highest BCUT2D eigenvalue weighted by molar-refractivity contribution is 6.14. The average molecular weight is 353 g/mol. The maximum absolute atomic E-state index is 12.7.